The number of hydrogen-bond acceptors (Lipinski definition) is 4. The van der Waals surface area contributed by atoms with Crippen molar-refractivity contribution >= 4 is 39.9 Å². The van der Waals surface area contributed by atoms with Crippen LogP contribution in [-0.4, -0.2) is 15.9 Å². The Labute approximate surface area is 114 Å². The fraction of sp³-hybridized carbons (Fsp3) is 0.273. The van der Waals surface area contributed by atoms with Crippen molar-refractivity contribution in [2.45, 2.75) is 13.3 Å². The van der Waals surface area contributed by atoms with Crippen LogP contribution < -0.4 is 5.32 Å². The number of anilines is 1. The van der Waals surface area contributed by atoms with Crippen LogP contribution in [-0.2, 0) is 6.42 Å². The lowest BCUT2D eigenvalue weighted by atomic mass is 10.1. The summed E-state index contributed by atoms with van der Waals surface area (Å²) in [6.07, 6.45) is 0.556. The lowest BCUT2D eigenvalue weighted by Gasteiger charge is -2.03. The number of nitrogens with one attached hydrogen (secondary N) is 1. The zero-order valence-electron chi connectivity index (χ0n) is 9.20. The van der Waals surface area contributed by atoms with Gasteiger partial charge in [0.2, 0.25) is 5.13 Å². The Balaban J connectivity index is 2.19. The summed E-state index contributed by atoms with van der Waals surface area (Å²) in [5, 5.41) is 5.25. The first-order valence-electron chi connectivity index (χ1n) is 5.20. The maximum absolute atomic E-state index is 6.10. The maximum Gasteiger partial charge on any atom is 0.202 e. The maximum atomic E-state index is 6.10. The predicted octanol–water partition coefficient (Wildman–Crippen LogP) is 3.87. The molecular weight excluding hydrogens is 277 g/mol. The van der Waals surface area contributed by atoms with Crippen LogP contribution in [0.15, 0.2) is 18.2 Å². The Morgan fingerprint density at radius 1 is 1.29 bits per heavy atom. The van der Waals surface area contributed by atoms with Gasteiger partial charge in [0.25, 0.3) is 0 Å². The molecule has 0 aliphatic heterocycles. The van der Waals surface area contributed by atoms with E-state index in [1.54, 1.807) is 0 Å². The van der Waals surface area contributed by atoms with Crippen LogP contribution >= 0.6 is 34.7 Å². The van der Waals surface area contributed by atoms with Crippen molar-refractivity contribution in [2.75, 3.05) is 11.9 Å². The van der Waals surface area contributed by atoms with Gasteiger partial charge in [0.1, 0.15) is 5.82 Å². The highest BCUT2D eigenvalue weighted by Crippen LogP contribution is 2.26. The van der Waals surface area contributed by atoms with Crippen LogP contribution in [0.2, 0.25) is 10.0 Å². The molecule has 1 aromatic heterocycles. The molecule has 0 aliphatic carbocycles. The van der Waals surface area contributed by atoms with Gasteiger partial charge in [0.15, 0.2) is 0 Å². The molecule has 0 saturated heterocycles. The van der Waals surface area contributed by atoms with Crippen molar-refractivity contribution in [1.29, 1.82) is 0 Å². The van der Waals surface area contributed by atoms with Crippen LogP contribution in [0.25, 0.3) is 0 Å². The first kappa shape index (κ1) is 12.6. The van der Waals surface area contributed by atoms with Gasteiger partial charge >= 0.3 is 0 Å². The van der Waals surface area contributed by atoms with Gasteiger partial charge in [0, 0.05) is 34.5 Å². The van der Waals surface area contributed by atoms with Crippen LogP contribution in [0.1, 0.15) is 18.3 Å². The number of halogens is 2. The van der Waals surface area contributed by atoms with Crippen molar-refractivity contribution in [3.05, 3.63) is 39.6 Å². The van der Waals surface area contributed by atoms with E-state index in [-0.39, 0.29) is 0 Å². The van der Waals surface area contributed by atoms with E-state index in [1.807, 2.05) is 25.1 Å². The van der Waals surface area contributed by atoms with E-state index in [0.29, 0.717) is 16.5 Å². The second-order valence-electron chi connectivity index (χ2n) is 3.42. The molecule has 0 saturated carbocycles. The molecule has 0 aliphatic rings. The molecule has 0 radical (unpaired) electrons. The number of nitrogens with zero attached hydrogens (tertiary/aromatic N) is 2. The summed E-state index contributed by atoms with van der Waals surface area (Å²) in [5.41, 5.74) is 0.872. The van der Waals surface area contributed by atoms with Gasteiger partial charge in [-0.05, 0) is 24.6 Å². The van der Waals surface area contributed by atoms with E-state index in [4.69, 9.17) is 23.2 Å². The fourth-order valence-electron chi connectivity index (χ4n) is 1.41. The zero-order valence-corrected chi connectivity index (χ0v) is 11.5. The zero-order chi connectivity index (χ0) is 12.3. The molecule has 2 aromatic rings. The van der Waals surface area contributed by atoms with E-state index < -0.39 is 0 Å². The normalized spacial score (nSPS) is 10.5. The highest BCUT2D eigenvalue weighted by Gasteiger charge is 2.10. The Kier molecular flexibility index (Phi) is 4.20. The summed E-state index contributed by atoms with van der Waals surface area (Å²) in [6.45, 7) is 2.85. The van der Waals surface area contributed by atoms with Gasteiger partial charge in [-0.1, -0.05) is 29.3 Å². The SMILES string of the molecule is CCNc1nc(Cc2c(Cl)cccc2Cl)ns1. The molecule has 0 spiro atoms. The van der Waals surface area contributed by atoms with E-state index in [2.05, 4.69) is 14.7 Å². The van der Waals surface area contributed by atoms with Gasteiger partial charge in [-0.3, -0.25) is 0 Å². The van der Waals surface area contributed by atoms with E-state index in [0.717, 1.165) is 23.1 Å². The van der Waals surface area contributed by atoms with Gasteiger partial charge in [0.05, 0.1) is 0 Å². The lowest BCUT2D eigenvalue weighted by molar-refractivity contribution is 1.03. The summed E-state index contributed by atoms with van der Waals surface area (Å²) in [4.78, 5) is 4.36. The largest absolute Gasteiger partial charge is 0.361 e. The van der Waals surface area contributed by atoms with Crippen molar-refractivity contribution in [2.24, 2.45) is 0 Å². The highest BCUT2D eigenvalue weighted by molar-refractivity contribution is 7.09. The van der Waals surface area contributed by atoms with E-state index in [9.17, 15) is 0 Å². The quantitative estimate of drug-likeness (QED) is 0.928. The van der Waals surface area contributed by atoms with Gasteiger partial charge in [-0.15, -0.1) is 0 Å². The summed E-state index contributed by atoms with van der Waals surface area (Å²) < 4.78 is 4.26. The number of benzene rings is 1. The first-order valence-corrected chi connectivity index (χ1v) is 6.73. The topological polar surface area (TPSA) is 37.8 Å². The third-order valence-electron chi connectivity index (χ3n) is 2.19. The van der Waals surface area contributed by atoms with Gasteiger partial charge < -0.3 is 5.32 Å². The third-order valence-corrected chi connectivity index (χ3v) is 3.61. The minimum Gasteiger partial charge on any atom is -0.361 e. The van der Waals surface area contributed by atoms with Crippen LogP contribution in [0.5, 0.6) is 0 Å². The number of hydrogen-bond donors (Lipinski definition) is 1. The Morgan fingerprint density at radius 3 is 2.65 bits per heavy atom. The van der Waals surface area contributed by atoms with Crippen molar-refractivity contribution in [1.82, 2.24) is 9.36 Å². The minimum atomic E-state index is 0.556. The van der Waals surface area contributed by atoms with Crippen LogP contribution in [0.3, 0.4) is 0 Å². The van der Waals surface area contributed by atoms with Crippen molar-refractivity contribution in [3.63, 3.8) is 0 Å². The molecule has 0 fully saturated rings. The lowest BCUT2D eigenvalue weighted by Crippen LogP contribution is -1.97. The standard InChI is InChI=1S/C11H11Cl2N3S/c1-2-14-11-15-10(16-17-11)6-7-8(12)4-3-5-9(7)13/h3-5H,2,6H2,1H3,(H,14,15,16). The molecule has 0 unspecified atom stereocenters. The number of aromatic nitrogens is 2. The fourth-order valence-corrected chi connectivity index (χ4v) is 2.59. The summed E-state index contributed by atoms with van der Waals surface area (Å²) in [5.74, 6) is 0.737. The summed E-state index contributed by atoms with van der Waals surface area (Å²) in [7, 11) is 0. The van der Waals surface area contributed by atoms with Crippen LogP contribution in [0.4, 0.5) is 5.13 Å². The van der Waals surface area contributed by atoms with Crippen molar-refractivity contribution in [3.8, 4) is 0 Å². The van der Waals surface area contributed by atoms with Gasteiger partial charge in [-0.2, -0.15) is 4.37 Å². The Hall–Kier alpha value is -0.840. The van der Waals surface area contributed by atoms with Crippen LogP contribution in [0, 0.1) is 0 Å². The highest BCUT2D eigenvalue weighted by atomic mass is 35.5. The average Bonchev–Trinajstić information content (AvgIpc) is 2.72. The van der Waals surface area contributed by atoms with Crippen molar-refractivity contribution < 1.29 is 0 Å². The third kappa shape index (κ3) is 3.09. The average molecular weight is 288 g/mol. The molecule has 1 aromatic carbocycles. The molecule has 1 N–H and O–H groups in total. The Bertz CT molecular complexity index is 493. The smallest absolute Gasteiger partial charge is 0.202 e. The first-order chi connectivity index (χ1) is 8.20. The predicted molar refractivity (Wildman–Crippen MR) is 73.3 cm³/mol. The molecule has 17 heavy (non-hydrogen) atoms. The summed E-state index contributed by atoms with van der Waals surface area (Å²) in [6, 6.07) is 5.47. The van der Waals surface area contributed by atoms with E-state index in [1.165, 1.54) is 11.5 Å². The second-order valence-corrected chi connectivity index (χ2v) is 4.99. The minimum absolute atomic E-state index is 0.556. The molecular formula is C11H11Cl2N3S. The molecule has 0 amide bonds. The molecule has 3 nitrogen and oxygen atoms in total. The molecule has 2 rings (SSSR count). The molecule has 90 valence electrons. The second kappa shape index (κ2) is 5.67. The van der Waals surface area contributed by atoms with E-state index >= 15 is 0 Å². The van der Waals surface area contributed by atoms with Gasteiger partial charge in [-0.25, -0.2) is 4.98 Å². The number of rotatable bonds is 4. The molecule has 0 bridgehead atoms. The Morgan fingerprint density at radius 2 is 2.00 bits per heavy atom. The molecule has 6 heteroatoms. The molecule has 0 atom stereocenters. The molecule has 1 heterocycles. The summed E-state index contributed by atoms with van der Waals surface area (Å²) >= 11 is 13.5. The monoisotopic (exact) mass is 287 g/mol.